The van der Waals surface area contributed by atoms with Crippen molar-refractivity contribution >= 4 is 21.8 Å². The molecule has 0 unspecified atom stereocenters. The Labute approximate surface area is 183 Å². The number of ether oxygens (including phenoxy) is 2. The number of nitrogens with one attached hydrogen (secondary N) is 2. The topological polar surface area (TPSA) is 114 Å². The van der Waals surface area contributed by atoms with Gasteiger partial charge in [0.25, 0.3) is 5.91 Å². The third-order valence-electron chi connectivity index (χ3n) is 5.71. The maximum Gasteiger partial charge on any atom is 0.255 e. The Hall–Kier alpha value is -2.17. The zero-order chi connectivity index (χ0) is 22.3. The number of carbonyl (C=O) groups is 2. The number of carbonyl (C=O) groups excluding carboxylic acids is 2. The van der Waals surface area contributed by atoms with Crippen molar-refractivity contribution in [1.29, 1.82) is 0 Å². The molecule has 2 fully saturated rings. The molecule has 1 saturated carbocycles. The molecule has 1 aromatic rings. The number of benzene rings is 1. The maximum absolute atomic E-state index is 12.9. The average Bonchev–Trinajstić information content (AvgIpc) is 2.82. The highest BCUT2D eigenvalue weighted by Gasteiger charge is 2.28. The number of morpholine rings is 1. The smallest absolute Gasteiger partial charge is 0.255 e. The fourth-order valence-electron chi connectivity index (χ4n) is 3.93. The first-order valence-corrected chi connectivity index (χ1v) is 12.2. The number of sulfonamides is 1. The van der Waals surface area contributed by atoms with E-state index in [1.165, 1.54) is 36.0 Å². The largest absolute Gasteiger partial charge is 0.496 e. The quantitative estimate of drug-likeness (QED) is 0.571. The fourth-order valence-corrected chi connectivity index (χ4v) is 5.36. The molecule has 0 radical (unpaired) electrons. The van der Waals surface area contributed by atoms with E-state index in [9.17, 15) is 18.0 Å². The molecule has 0 aromatic heterocycles. The molecule has 0 atom stereocenters. The SMILES string of the molecule is COc1ccc(S(=O)(=O)N2CCOCC2)cc1C(=O)NCCNC(=O)C1CCCCC1. The zero-order valence-corrected chi connectivity index (χ0v) is 18.7. The molecule has 1 aromatic carbocycles. The van der Waals surface area contributed by atoms with Crippen LogP contribution >= 0.6 is 0 Å². The number of rotatable bonds is 8. The minimum atomic E-state index is -3.73. The Balaban J connectivity index is 1.60. The van der Waals surface area contributed by atoms with Gasteiger partial charge in [-0.05, 0) is 31.0 Å². The highest BCUT2D eigenvalue weighted by molar-refractivity contribution is 7.89. The van der Waals surface area contributed by atoms with Gasteiger partial charge < -0.3 is 20.1 Å². The normalized spacial score (nSPS) is 18.4. The molecule has 31 heavy (non-hydrogen) atoms. The molecule has 2 amide bonds. The summed E-state index contributed by atoms with van der Waals surface area (Å²) < 4.78 is 37.6. The van der Waals surface area contributed by atoms with E-state index in [1.54, 1.807) is 0 Å². The molecule has 172 valence electrons. The van der Waals surface area contributed by atoms with Crippen LogP contribution in [-0.4, -0.2) is 71.0 Å². The van der Waals surface area contributed by atoms with Crippen molar-refractivity contribution in [1.82, 2.24) is 14.9 Å². The molecule has 1 aliphatic carbocycles. The van der Waals surface area contributed by atoms with Crippen molar-refractivity contribution in [3.05, 3.63) is 23.8 Å². The van der Waals surface area contributed by atoms with Gasteiger partial charge in [-0.1, -0.05) is 19.3 Å². The lowest BCUT2D eigenvalue weighted by atomic mass is 9.89. The number of methoxy groups -OCH3 is 1. The van der Waals surface area contributed by atoms with Crippen LogP contribution in [0, 0.1) is 5.92 Å². The zero-order valence-electron chi connectivity index (χ0n) is 17.9. The van der Waals surface area contributed by atoms with Gasteiger partial charge in [0.2, 0.25) is 15.9 Å². The summed E-state index contributed by atoms with van der Waals surface area (Å²) in [6, 6.07) is 4.25. The fraction of sp³-hybridized carbons (Fsp3) is 0.619. The van der Waals surface area contributed by atoms with Gasteiger partial charge >= 0.3 is 0 Å². The second-order valence-corrected chi connectivity index (χ2v) is 9.70. The Morgan fingerprint density at radius 2 is 1.77 bits per heavy atom. The Morgan fingerprint density at radius 3 is 2.45 bits per heavy atom. The minimum Gasteiger partial charge on any atom is -0.496 e. The second-order valence-electron chi connectivity index (χ2n) is 7.76. The van der Waals surface area contributed by atoms with Gasteiger partial charge in [0.15, 0.2) is 0 Å². The summed E-state index contributed by atoms with van der Waals surface area (Å²) in [5.41, 5.74) is 0.135. The lowest BCUT2D eigenvalue weighted by Crippen LogP contribution is -2.40. The predicted octanol–water partition coefficient (Wildman–Crippen LogP) is 1.14. The van der Waals surface area contributed by atoms with Crippen molar-refractivity contribution in [3.8, 4) is 5.75 Å². The molecule has 10 heteroatoms. The molecular formula is C21H31N3O6S. The van der Waals surface area contributed by atoms with Crippen LogP contribution in [-0.2, 0) is 19.6 Å². The summed E-state index contributed by atoms with van der Waals surface area (Å²) >= 11 is 0. The first-order chi connectivity index (χ1) is 14.9. The van der Waals surface area contributed by atoms with Crippen LogP contribution < -0.4 is 15.4 Å². The Bertz CT molecular complexity index is 877. The Kier molecular flexibility index (Phi) is 8.28. The van der Waals surface area contributed by atoms with E-state index in [4.69, 9.17) is 9.47 Å². The number of nitrogens with zero attached hydrogens (tertiary/aromatic N) is 1. The molecule has 3 rings (SSSR count). The molecule has 0 bridgehead atoms. The average molecular weight is 454 g/mol. The van der Waals surface area contributed by atoms with Gasteiger partial charge in [0.1, 0.15) is 5.75 Å². The molecule has 1 aliphatic heterocycles. The van der Waals surface area contributed by atoms with Crippen molar-refractivity contribution in [2.24, 2.45) is 5.92 Å². The predicted molar refractivity (Wildman–Crippen MR) is 114 cm³/mol. The number of amides is 2. The van der Waals surface area contributed by atoms with Crippen LogP contribution in [0.2, 0.25) is 0 Å². The molecule has 0 spiro atoms. The third-order valence-corrected chi connectivity index (χ3v) is 7.60. The molecule has 1 saturated heterocycles. The molecule has 1 heterocycles. The van der Waals surface area contributed by atoms with E-state index >= 15 is 0 Å². The van der Waals surface area contributed by atoms with Crippen molar-refractivity contribution in [3.63, 3.8) is 0 Å². The second kappa shape index (κ2) is 10.9. The van der Waals surface area contributed by atoms with Crippen molar-refractivity contribution in [2.45, 2.75) is 37.0 Å². The van der Waals surface area contributed by atoms with E-state index in [-0.39, 0.29) is 47.7 Å². The van der Waals surface area contributed by atoms with Crippen LogP contribution in [0.3, 0.4) is 0 Å². The molecular weight excluding hydrogens is 422 g/mol. The van der Waals surface area contributed by atoms with Crippen LogP contribution in [0.25, 0.3) is 0 Å². The Morgan fingerprint density at radius 1 is 1.10 bits per heavy atom. The molecule has 9 nitrogen and oxygen atoms in total. The van der Waals surface area contributed by atoms with E-state index in [2.05, 4.69) is 10.6 Å². The highest BCUT2D eigenvalue weighted by Crippen LogP contribution is 2.25. The third kappa shape index (κ3) is 5.96. The van der Waals surface area contributed by atoms with Crippen LogP contribution in [0.1, 0.15) is 42.5 Å². The summed E-state index contributed by atoms with van der Waals surface area (Å²) in [6.07, 6.45) is 5.18. The summed E-state index contributed by atoms with van der Waals surface area (Å²) in [7, 11) is -2.31. The molecule has 2 N–H and O–H groups in total. The van der Waals surface area contributed by atoms with Gasteiger partial charge in [0.05, 0.1) is 30.8 Å². The highest BCUT2D eigenvalue weighted by atomic mass is 32.2. The van der Waals surface area contributed by atoms with Crippen LogP contribution in [0.15, 0.2) is 23.1 Å². The van der Waals surface area contributed by atoms with E-state index in [0.717, 1.165) is 25.7 Å². The lowest BCUT2D eigenvalue weighted by Gasteiger charge is -2.26. The van der Waals surface area contributed by atoms with Gasteiger partial charge in [-0.15, -0.1) is 0 Å². The lowest BCUT2D eigenvalue weighted by molar-refractivity contribution is -0.125. The summed E-state index contributed by atoms with van der Waals surface area (Å²) in [4.78, 5) is 24.9. The van der Waals surface area contributed by atoms with Gasteiger partial charge in [-0.3, -0.25) is 9.59 Å². The van der Waals surface area contributed by atoms with E-state index in [1.807, 2.05) is 0 Å². The van der Waals surface area contributed by atoms with Crippen molar-refractivity contribution < 1.29 is 27.5 Å². The monoisotopic (exact) mass is 453 g/mol. The summed E-state index contributed by atoms with van der Waals surface area (Å²) in [5, 5.41) is 5.60. The summed E-state index contributed by atoms with van der Waals surface area (Å²) in [6.45, 7) is 1.79. The summed E-state index contributed by atoms with van der Waals surface area (Å²) in [5.74, 6) is -0.0794. The van der Waals surface area contributed by atoms with Crippen molar-refractivity contribution in [2.75, 3.05) is 46.5 Å². The van der Waals surface area contributed by atoms with Gasteiger partial charge in [-0.25, -0.2) is 8.42 Å². The first-order valence-electron chi connectivity index (χ1n) is 10.8. The number of hydrogen-bond donors (Lipinski definition) is 2. The van der Waals surface area contributed by atoms with Crippen LogP contribution in [0.5, 0.6) is 5.75 Å². The first kappa shape index (κ1) is 23.5. The van der Waals surface area contributed by atoms with Gasteiger partial charge in [0, 0.05) is 32.1 Å². The van der Waals surface area contributed by atoms with E-state index in [0.29, 0.717) is 19.8 Å². The minimum absolute atomic E-state index is 0.0325. The maximum atomic E-state index is 12.9. The standard InChI is InChI=1S/C21H31N3O6S/c1-29-19-8-7-17(31(27,28)24-11-13-30-14-12-24)15-18(19)21(26)23-10-9-22-20(25)16-5-3-2-4-6-16/h7-8,15-16H,2-6,9-14H2,1H3,(H,22,25)(H,23,26). The van der Waals surface area contributed by atoms with E-state index < -0.39 is 15.9 Å². The molecule has 2 aliphatic rings. The number of hydrogen-bond acceptors (Lipinski definition) is 6. The van der Waals surface area contributed by atoms with Gasteiger partial charge in [-0.2, -0.15) is 4.31 Å². The van der Waals surface area contributed by atoms with Crippen LogP contribution in [0.4, 0.5) is 0 Å².